The summed E-state index contributed by atoms with van der Waals surface area (Å²) in [5, 5.41) is 8.80. The van der Waals surface area contributed by atoms with Crippen LogP contribution in [0, 0.1) is 0 Å². The summed E-state index contributed by atoms with van der Waals surface area (Å²) in [5.41, 5.74) is 1.80. The number of aliphatic carboxylic acids is 1. The number of rotatable bonds is 2. The lowest BCUT2D eigenvalue weighted by molar-refractivity contribution is -0.484. The van der Waals surface area contributed by atoms with Crippen LogP contribution < -0.4 is 4.40 Å². The van der Waals surface area contributed by atoms with Crippen LogP contribution in [0.1, 0.15) is 5.69 Å². The summed E-state index contributed by atoms with van der Waals surface area (Å²) in [6.45, 7) is 0. The first-order chi connectivity index (χ1) is 7.75. The van der Waals surface area contributed by atoms with Crippen LogP contribution >= 0.6 is 0 Å². The monoisotopic (exact) mass is 218 g/mol. The average molecular weight is 218 g/mol. The second-order valence-electron chi connectivity index (χ2n) is 3.38. The lowest BCUT2D eigenvalue weighted by Gasteiger charge is -1.94. The quantitative estimate of drug-likeness (QED) is 0.512. The normalized spacial score (nSPS) is 11.2. The zero-order valence-electron chi connectivity index (χ0n) is 8.14. The first-order valence-corrected chi connectivity index (χ1v) is 4.68. The highest BCUT2D eigenvalue weighted by molar-refractivity contribution is 5.78. The van der Waals surface area contributed by atoms with E-state index in [1.165, 1.54) is 6.33 Å². The Morgan fingerprint density at radius 1 is 1.50 bits per heavy atom. The minimum absolute atomic E-state index is 0.131. The molecule has 0 radical (unpaired) electrons. The summed E-state index contributed by atoms with van der Waals surface area (Å²) in [7, 11) is 0. The molecule has 16 heavy (non-hydrogen) atoms. The third kappa shape index (κ3) is 1.14. The predicted octanol–water partition coefficient (Wildman–Crippen LogP) is -0.348. The van der Waals surface area contributed by atoms with Crippen molar-refractivity contribution in [2.75, 3.05) is 0 Å². The number of H-pyrrole nitrogens is 2. The predicted molar refractivity (Wildman–Crippen MR) is 52.7 cm³/mol. The number of aromatic amines is 2. The van der Waals surface area contributed by atoms with Gasteiger partial charge in [-0.05, 0) is 0 Å². The fourth-order valence-corrected chi connectivity index (χ4v) is 1.72. The molecule has 3 rings (SSSR count). The van der Waals surface area contributed by atoms with Gasteiger partial charge in [0.1, 0.15) is 17.6 Å². The molecule has 0 spiro atoms. The number of carboxylic acids is 1. The number of hydrogen-bond donors (Lipinski definition) is 3. The van der Waals surface area contributed by atoms with Crippen LogP contribution in [0.2, 0.25) is 0 Å². The lowest BCUT2D eigenvalue weighted by atomic mass is 10.3. The van der Waals surface area contributed by atoms with E-state index in [-0.39, 0.29) is 6.42 Å². The Bertz CT molecular complexity index is 683. The summed E-state index contributed by atoms with van der Waals surface area (Å²) in [6, 6.07) is 0. The fraction of sp³-hybridized carbons (Fsp3) is 0.111. The molecule has 0 saturated carbocycles. The summed E-state index contributed by atoms with van der Waals surface area (Å²) in [6.07, 6.45) is 4.91. The van der Waals surface area contributed by atoms with Crippen LogP contribution in [0.25, 0.3) is 16.9 Å². The zero-order chi connectivity index (χ0) is 11.1. The van der Waals surface area contributed by atoms with Gasteiger partial charge in [0.2, 0.25) is 0 Å². The number of carbonyl (C=O) groups is 1. The van der Waals surface area contributed by atoms with Crippen molar-refractivity contribution in [1.29, 1.82) is 0 Å². The number of nitrogens with one attached hydrogen (secondary N) is 2. The van der Waals surface area contributed by atoms with Gasteiger partial charge >= 0.3 is 11.7 Å². The van der Waals surface area contributed by atoms with E-state index in [4.69, 9.17) is 5.11 Å². The van der Waals surface area contributed by atoms with E-state index in [0.717, 1.165) is 0 Å². The van der Waals surface area contributed by atoms with Crippen molar-refractivity contribution in [2.24, 2.45) is 0 Å². The van der Waals surface area contributed by atoms with Gasteiger partial charge in [-0.2, -0.15) is 4.40 Å². The Labute approximate surface area is 88.8 Å². The Morgan fingerprint density at radius 3 is 3.19 bits per heavy atom. The minimum Gasteiger partial charge on any atom is -0.481 e. The minimum atomic E-state index is -0.917. The van der Waals surface area contributed by atoms with E-state index in [2.05, 4.69) is 19.9 Å². The highest BCUT2D eigenvalue weighted by Gasteiger charge is 2.18. The van der Waals surface area contributed by atoms with E-state index in [1.807, 2.05) is 0 Å². The van der Waals surface area contributed by atoms with Crippen LogP contribution in [-0.4, -0.2) is 31.0 Å². The Hall–Kier alpha value is -2.44. The van der Waals surface area contributed by atoms with Gasteiger partial charge in [0.05, 0.1) is 12.4 Å². The standard InChI is InChI=1S/C9H7N5O2/c15-6(16)3-5-7-8(12-4-11-7)14-2-1-10-9(14)13-5/h1-2,4H,3H2,(H2,10,11,12,13,15,16)/p+1. The molecule has 3 aromatic heterocycles. The molecule has 0 fully saturated rings. The van der Waals surface area contributed by atoms with Crippen LogP contribution in [0.15, 0.2) is 18.7 Å². The van der Waals surface area contributed by atoms with Gasteiger partial charge in [-0.1, -0.05) is 0 Å². The number of fused-ring (bicyclic) bond motifs is 3. The van der Waals surface area contributed by atoms with E-state index in [9.17, 15) is 4.79 Å². The molecule has 0 atom stereocenters. The molecule has 3 heterocycles. The van der Waals surface area contributed by atoms with Gasteiger partial charge in [0.15, 0.2) is 6.33 Å². The molecule has 7 nitrogen and oxygen atoms in total. The van der Waals surface area contributed by atoms with Crippen LogP contribution in [-0.2, 0) is 11.2 Å². The summed E-state index contributed by atoms with van der Waals surface area (Å²) in [5.74, 6) is -0.338. The number of nitrogens with zero attached hydrogens (tertiary/aromatic N) is 3. The maximum Gasteiger partial charge on any atom is 0.356 e. The Kier molecular flexibility index (Phi) is 1.67. The Morgan fingerprint density at radius 2 is 2.38 bits per heavy atom. The second-order valence-corrected chi connectivity index (χ2v) is 3.38. The van der Waals surface area contributed by atoms with Crippen molar-refractivity contribution in [3.05, 3.63) is 24.4 Å². The third-order valence-corrected chi connectivity index (χ3v) is 2.36. The first-order valence-electron chi connectivity index (χ1n) is 4.68. The van der Waals surface area contributed by atoms with Gasteiger partial charge in [-0.25, -0.2) is 0 Å². The maximum atomic E-state index is 10.7. The second kappa shape index (κ2) is 3.02. The van der Waals surface area contributed by atoms with Crippen molar-refractivity contribution >= 4 is 22.9 Å². The van der Waals surface area contributed by atoms with Crippen molar-refractivity contribution in [2.45, 2.75) is 6.42 Å². The van der Waals surface area contributed by atoms with E-state index in [0.29, 0.717) is 22.6 Å². The molecule has 0 unspecified atom stereocenters. The van der Waals surface area contributed by atoms with Crippen LogP contribution in [0.4, 0.5) is 0 Å². The number of hydrogen-bond acceptors (Lipinski definition) is 3. The molecule has 0 saturated heterocycles. The molecule has 0 aromatic carbocycles. The molecule has 0 aliphatic rings. The highest BCUT2D eigenvalue weighted by atomic mass is 16.4. The van der Waals surface area contributed by atoms with Gasteiger partial charge in [0.25, 0.3) is 5.65 Å². The van der Waals surface area contributed by atoms with Gasteiger partial charge in [-0.15, -0.1) is 9.97 Å². The third-order valence-electron chi connectivity index (χ3n) is 2.36. The molecule has 3 N–H and O–H groups in total. The van der Waals surface area contributed by atoms with Crippen LogP contribution in [0.3, 0.4) is 0 Å². The number of imidazole rings is 2. The molecule has 0 aliphatic heterocycles. The molecule has 3 aromatic rings. The smallest absolute Gasteiger partial charge is 0.356 e. The van der Waals surface area contributed by atoms with E-state index >= 15 is 0 Å². The van der Waals surface area contributed by atoms with Gasteiger partial charge in [-0.3, -0.25) is 9.78 Å². The average Bonchev–Trinajstić information content (AvgIpc) is 2.82. The van der Waals surface area contributed by atoms with E-state index in [1.54, 1.807) is 16.8 Å². The maximum absolute atomic E-state index is 10.7. The zero-order valence-corrected chi connectivity index (χ0v) is 8.14. The molecule has 0 bridgehead atoms. The van der Waals surface area contributed by atoms with Crippen molar-refractivity contribution in [1.82, 2.24) is 19.9 Å². The Balaban J connectivity index is 2.38. The molecule has 0 aliphatic carbocycles. The summed E-state index contributed by atoms with van der Waals surface area (Å²) >= 11 is 0. The fourth-order valence-electron chi connectivity index (χ4n) is 1.72. The number of aromatic nitrogens is 5. The molecule has 7 heteroatoms. The van der Waals surface area contributed by atoms with Crippen LogP contribution in [0.5, 0.6) is 0 Å². The largest absolute Gasteiger partial charge is 0.481 e. The summed E-state index contributed by atoms with van der Waals surface area (Å²) in [4.78, 5) is 24.9. The summed E-state index contributed by atoms with van der Waals surface area (Å²) < 4.78 is 1.76. The van der Waals surface area contributed by atoms with Crippen molar-refractivity contribution in [3.8, 4) is 0 Å². The van der Waals surface area contributed by atoms with E-state index < -0.39 is 5.97 Å². The van der Waals surface area contributed by atoms with Crippen molar-refractivity contribution < 1.29 is 14.3 Å². The molecular weight excluding hydrogens is 210 g/mol. The number of carboxylic acid groups (broad SMARTS) is 1. The first kappa shape index (κ1) is 8.84. The van der Waals surface area contributed by atoms with Gasteiger partial charge < -0.3 is 10.1 Å². The lowest BCUT2D eigenvalue weighted by Crippen LogP contribution is -2.23. The topological polar surface area (TPSA) is 98.8 Å². The SMILES string of the molecule is O=C(O)Cc1nc2[nH]cc[n+]2c2nc[nH]c12. The van der Waals surface area contributed by atoms with Gasteiger partial charge in [0, 0.05) is 0 Å². The molecule has 0 amide bonds. The van der Waals surface area contributed by atoms with Crippen molar-refractivity contribution in [3.63, 3.8) is 0 Å². The molecule has 80 valence electrons. The highest BCUT2D eigenvalue weighted by Crippen LogP contribution is 2.10. The molecular formula is C9H8N5O2+.